The first-order valence-electron chi connectivity index (χ1n) is 7.69. The number of fused-ring (bicyclic) bond motifs is 1. The van der Waals surface area contributed by atoms with Gasteiger partial charge in [-0.05, 0) is 37.9 Å². The number of hydrogen-bond donors (Lipinski definition) is 1. The number of benzene rings is 1. The standard InChI is InChI=1S/C17H23N3/c1-2-15-8-12-20(11-4-9-19-15)17-6-3-5-14-13-18-10-7-16(14)17/h3,5-7,10,13,15,19H,2,4,8-9,11-12H2,1H3. The Kier molecular flexibility index (Phi) is 4.16. The van der Waals surface area contributed by atoms with E-state index in [0.717, 1.165) is 19.6 Å². The highest BCUT2D eigenvalue weighted by Crippen LogP contribution is 2.27. The van der Waals surface area contributed by atoms with E-state index in [1.54, 1.807) is 0 Å². The van der Waals surface area contributed by atoms with Crippen molar-refractivity contribution in [2.45, 2.75) is 32.2 Å². The summed E-state index contributed by atoms with van der Waals surface area (Å²) in [5.74, 6) is 0. The first-order valence-corrected chi connectivity index (χ1v) is 7.69. The van der Waals surface area contributed by atoms with Crippen LogP contribution in [0.2, 0.25) is 0 Å². The molecule has 2 heterocycles. The highest BCUT2D eigenvalue weighted by molar-refractivity contribution is 5.93. The van der Waals surface area contributed by atoms with E-state index in [0.29, 0.717) is 6.04 Å². The largest absolute Gasteiger partial charge is 0.371 e. The van der Waals surface area contributed by atoms with Gasteiger partial charge in [0, 0.05) is 48.0 Å². The lowest BCUT2D eigenvalue weighted by Crippen LogP contribution is -2.39. The van der Waals surface area contributed by atoms with E-state index in [1.807, 2.05) is 12.4 Å². The van der Waals surface area contributed by atoms with Gasteiger partial charge in [0.1, 0.15) is 0 Å². The van der Waals surface area contributed by atoms with Crippen LogP contribution in [-0.2, 0) is 0 Å². The van der Waals surface area contributed by atoms with Gasteiger partial charge >= 0.3 is 0 Å². The average molecular weight is 269 g/mol. The lowest BCUT2D eigenvalue weighted by molar-refractivity contribution is 0.439. The summed E-state index contributed by atoms with van der Waals surface area (Å²) in [5, 5.41) is 6.20. The Morgan fingerprint density at radius 1 is 1.30 bits per heavy atom. The van der Waals surface area contributed by atoms with Crippen LogP contribution in [0, 0.1) is 0 Å². The molecule has 20 heavy (non-hydrogen) atoms. The van der Waals surface area contributed by atoms with Crippen molar-refractivity contribution in [2.24, 2.45) is 0 Å². The van der Waals surface area contributed by atoms with Gasteiger partial charge in [-0.2, -0.15) is 0 Å². The van der Waals surface area contributed by atoms with Crippen molar-refractivity contribution in [3.8, 4) is 0 Å². The fourth-order valence-corrected chi connectivity index (χ4v) is 3.07. The van der Waals surface area contributed by atoms with E-state index in [-0.39, 0.29) is 0 Å². The van der Waals surface area contributed by atoms with Crippen molar-refractivity contribution < 1.29 is 0 Å². The van der Waals surface area contributed by atoms with Crippen molar-refractivity contribution in [1.29, 1.82) is 0 Å². The maximum atomic E-state index is 4.23. The molecular formula is C17H23N3. The molecule has 2 aromatic rings. The predicted octanol–water partition coefficient (Wildman–Crippen LogP) is 3.20. The molecule has 1 unspecified atom stereocenters. The van der Waals surface area contributed by atoms with E-state index in [4.69, 9.17) is 0 Å². The van der Waals surface area contributed by atoms with Crippen LogP contribution in [0.3, 0.4) is 0 Å². The summed E-state index contributed by atoms with van der Waals surface area (Å²) >= 11 is 0. The molecule has 3 heteroatoms. The third-order valence-electron chi connectivity index (χ3n) is 4.28. The minimum absolute atomic E-state index is 0.662. The monoisotopic (exact) mass is 269 g/mol. The number of pyridine rings is 1. The van der Waals surface area contributed by atoms with Crippen molar-refractivity contribution in [2.75, 3.05) is 24.5 Å². The Balaban J connectivity index is 1.89. The van der Waals surface area contributed by atoms with Crippen LogP contribution in [0.15, 0.2) is 36.7 Å². The third kappa shape index (κ3) is 2.78. The molecule has 0 saturated carbocycles. The number of nitrogens with zero attached hydrogens (tertiary/aromatic N) is 2. The van der Waals surface area contributed by atoms with E-state index >= 15 is 0 Å². The van der Waals surface area contributed by atoms with E-state index in [9.17, 15) is 0 Å². The second-order valence-electron chi connectivity index (χ2n) is 5.56. The van der Waals surface area contributed by atoms with Crippen molar-refractivity contribution in [3.63, 3.8) is 0 Å². The number of anilines is 1. The molecule has 1 fully saturated rings. The summed E-state index contributed by atoms with van der Waals surface area (Å²) in [6.45, 7) is 5.66. The zero-order valence-electron chi connectivity index (χ0n) is 12.2. The van der Waals surface area contributed by atoms with Crippen molar-refractivity contribution in [3.05, 3.63) is 36.7 Å². The first-order chi connectivity index (χ1) is 9.88. The molecular weight excluding hydrogens is 246 g/mol. The minimum atomic E-state index is 0.662. The molecule has 0 radical (unpaired) electrons. The zero-order valence-corrected chi connectivity index (χ0v) is 12.2. The van der Waals surface area contributed by atoms with Crippen LogP contribution < -0.4 is 10.2 Å². The minimum Gasteiger partial charge on any atom is -0.371 e. The van der Waals surface area contributed by atoms with Gasteiger partial charge in [-0.3, -0.25) is 4.98 Å². The molecule has 0 spiro atoms. The van der Waals surface area contributed by atoms with Crippen LogP contribution in [-0.4, -0.2) is 30.7 Å². The molecule has 0 amide bonds. The summed E-state index contributed by atoms with van der Waals surface area (Å²) in [6, 6.07) is 9.34. The Labute approximate surface area is 121 Å². The Morgan fingerprint density at radius 3 is 3.15 bits per heavy atom. The van der Waals surface area contributed by atoms with Crippen LogP contribution >= 0.6 is 0 Å². The van der Waals surface area contributed by atoms with Gasteiger partial charge in [0.2, 0.25) is 0 Å². The van der Waals surface area contributed by atoms with Gasteiger partial charge in [-0.25, -0.2) is 0 Å². The molecule has 1 aromatic heterocycles. The van der Waals surface area contributed by atoms with E-state index in [2.05, 4.69) is 46.4 Å². The molecule has 0 bridgehead atoms. The van der Waals surface area contributed by atoms with Gasteiger partial charge in [0.25, 0.3) is 0 Å². The third-order valence-corrected chi connectivity index (χ3v) is 4.28. The van der Waals surface area contributed by atoms with Gasteiger partial charge in [0.15, 0.2) is 0 Å². The average Bonchev–Trinajstić information content (AvgIpc) is 2.47. The number of rotatable bonds is 2. The number of nitrogens with one attached hydrogen (secondary N) is 1. The summed E-state index contributed by atoms with van der Waals surface area (Å²) in [5.41, 5.74) is 1.36. The molecule has 3 rings (SSSR count). The van der Waals surface area contributed by atoms with Crippen molar-refractivity contribution >= 4 is 16.5 Å². The van der Waals surface area contributed by atoms with E-state index < -0.39 is 0 Å². The van der Waals surface area contributed by atoms with Crippen molar-refractivity contribution in [1.82, 2.24) is 10.3 Å². The summed E-state index contributed by atoms with van der Waals surface area (Å²) in [6.07, 6.45) is 7.49. The predicted molar refractivity (Wildman–Crippen MR) is 85.3 cm³/mol. The highest BCUT2D eigenvalue weighted by Gasteiger charge is 2.15. The molecule has 3 nitrogen and oxygen atoms in total. The summed E-state index contributed by atoms with van der Waals surface area (Å²) in [4.78, 5) is 6.78. The maximum absolute atomic E-state index is 4.23. The van der Waals surface area contributed by atoms with Gasteiger partial charge < -0.3 is 10.2 Å². The molecule has 1 aliphatic heterocycles. The number of hydrogen-bond acceptors (Lipinski definition) is 3. The molecule has 1 aromatic carbocycles. The quantitative estimate of drug-likeness (QED) is 0.907. The molecule has 1 saturated heterocycles. The summed E-state index contributed by atoms with van der Waals surface area (Å²) in [7, 11) is 0. The first kappa shape index (κ1) is 13.4. The molecule has 1 atom stereocenters. The normalized spacial score (nSPS) is 20.6. The van der Waals surface area contributed by atoms with Crippen LogP contribution in [0.25, 0.3) is 10.8 Å². The smallest absolute Gasteiger partial charge is 0.0447 e. The van der Waals surface area contributed by atoms with Gasteiger partial charge in [0.05, 0.1) is 0 Å². The van der Waals surface area contributed by atoms with Gasteiger partial charge in [-0.15, -0.1) is 0 Å². The second-order valence-corrected chi connectivity index (χ2v) is 5.56. The lowest BCUT2D eigenvalue weighted by atomic mass is 10.1. The second kappa shape index (κ2) is 6.23. The van der Waals surface area contributed by atoms with Crippen LogP contribution in [0.1, 0.15) is 26.2 Å². The topological polar surface area (TPSA) is 28.2 Å². The number of aromatic nitrogens is 1. The molecule has 1 aliphatic rings. The van der Waals surface area contributed by atoms with Gasteiger partial charge in [-0.1, -0.05) is 19.1 Å². The maximum Gasteiger partial charge on any atom is 0.0447 e. The Hall–Kier alpha value is -1.61. The molecule has 1 N–H and O–H groups in total. The molecule has 0 aliphatic carbocycles. The molecule has 106 valence electrons. The Bertz CT molecular complexity index is 562. The fraction of sp³-hybridized carbons (Fsp3) is 0.471. The zero-order chi connectivity index (χ0) is 13.8. The van der Waals surface area contributed by atoms with E-state index in [1.165, 1.54) is 35.7 Å². The summed E-state index contributed by atoms with van der Waals surface area (Å²) < 4.78 is 0. The van der Waals surface area contributed by atoms with Crippen LogP contribution in [0.4, 0.5) is 5.69 Å². The lowest BCUT2D eigenvalue weighted by Gasteiger charge is -2.31. The highest BCUT2D eigenvalue weighted by atomic mass is 15.1. The fourth-order valence-electron chi connectivity index (χ4n) is 3.07. The van der Waals surface area contributed by atoms with Crippen LogP contribution in [0.5, 0.6) is 0 Å². The Morgan fingerprint density at radius 2 is 2.25 bits per heavy atom. The SMILES string of the molecule is CCC1CCN(c2cccc3cnccc23)CCCN1.